The highest BCUT2D eigenvalue weighted by atomic mass is 35.5. The Bertz CT molecular complexity index is 1360. The van der Waals surface area contributed by atoms with Gasteiger partial charge in [-0.1, -0.05) is 37.6 Å². The molecule has 0 radical (unpaired) electrons. The third-order valence-electron chi connectivity index (χ3n) is 6.46. The number of halogens is 2. The minimum absolute atomic E-state index is 0.00623. The molecule has 0 bridgehead atoms. The van der Waals surface area contributed by atoms with E-state index < -0.39 is 11.7 Å². The Kier molecular flexibility index (Phi) is 7.36. The molecule has 0 atom stereocenters. The zero-order chi connectivity index (χ0) is 26.9. The largest absolute Gasteiger partial charge is 0.355 e. The van der Waals surface area contributed by atoms with Gasteiger partial charge >= 0.3 is 0 Å². The van der Waals surface area contributed by atoms with Gasteiger partial charge in [0.25, 0.3) is 5.91 Å². The summed E-state index contributed by atoms with van der Waals surface area (Å²) in [6.45, 7) is 8.28. The van der Waals surface area contributed by atoms with E-state index in [1.54, 1.807) is 0 Å². The van der Waals surface area contributed by atoms with Crippen LogP contribution in [0, 0.1) is 5.82 Å². The zero-order valence-corrected chi connectivity index (χ0v) is 22.2. The van der Waals surface area contributed by atoms with Crippen LogP contribution in [0.25, 0.3) is 0 Å². The van der Waals surface area contributed by atoms with Crippen molar-refractivity contribution in [2.24, 2.45) is 0 Å². The van der Waals surface area contributed by atoms with Crippen LogP contribution in [0.3, 0.4) is 0 Å². The number of hydrogen-bond acceptors (Lipinski definition) is 6. The number of para-hydroxylation sites is 1. The van der Waals surface area contributed by atoms with Gasteiger partial charge in [-0.15, -0.1) is 0 Å². The molecule has 1 aliphatic heterocycles. The van der Waals surface area contributed by atoms with Gasteiger partial charge in [0.2, 0.25) is 11.9 Å². The lowest BCUT2D eigenvalue weighted by atomic mass is 9.80. The van der Waals surface area contributed by atoms with E-state index in [2.05, 4.69) is 39.8 Å². The van der Waals surface area contributed by atoms with Gasteiger partial charge < -0.3 is 20.9 Å². The number of carbonyl (C=O) groups is 2. The van der Waals surface area contributed by atoms with Gasteiger partial charge in [-0.3, -0.25) is 9.59 Å². The molecule has 2 amide bonds. The number of benzene rings is 2. The van der Waals surface area contributed by atoms with Crippen molar-refractivity contribution in [2.45, 2.75) is 52.0 Å². The van der Waals surface area contributed by atoms with Gasteiger partial charge in [-0.25, -0.2) is 9.37 Å². The molecule has 194 valence electrons. The van der Waals surface area contributed by atoms with Crippen LogP contribution in [-0.2, 0) is 10.2 Å². The number of hydrogen-bond donors (Lipinski definition) is 3. The normalized spacial score (nSPS) is 14.7. The lowest BCUT2D eigenvalue weighted by Crippen LogP contribution is -2.36. The molecule has 0 saturated heterocycles. The summed E-state index contributed by atoms with van der Waals surface area (Å²) in [6.07, 6.45) is 2.63. The van der Waals surface area contributed by atoms with Gasteiger partial charge in [-0.2, -0.15) is 4.98 Å². The average Bonchev–Trinajstić information content (AvgIpc) is 2.95. The SMILES string of the molecule is CNC(=O)c1cccc(F)c1Nc1nc(Nc2ccc3c(c2)N(C(C)C)C(=O)CCC3(C)C)ncc1Cl. The molecule has 1 aliphatic rings. The molecule has 10 heteroatoms. The van der Waals surface area contributed by atoms with E-state index in [1.807, 2.05) is 36.9 Å². The van der Waals surface area contributed by atoms with Crippen molar-refractivity contribution >= 4 is 52.2 Å². The van der Waals surface area contributed by atoms with Crippen molar-refractivity contribution in [3.8, 4) is 0 Å². The number of amides is 2. The number of nitrogens with zero attached hydrogens (tertiary/aromatic N) is 3. The Balaban J connectivity index is 1.69. The first-order valence-electron chi connectivity index (χ1n) is 12.1. The van der Waals surface area contributed by atoms with Gasteiger partial charge in [0.1, 0.15) is 10.8 Å². The molecule has 4 rings (SSSR count). The van der Waals surface area contributed by atoms with Crippen LogP contribution in [0.4, 0.5) is 33.2 Å². The third kappa shape index (κ3) is 5.36. The Morgan fingerprint density at radius 3 is 2.65 bits per heavy atom. The number of fused-ring (bicyclic) bond motifs is 1. The second-order valence-corrected chi connectivity index (χ2v) is 10.3. The summed E-state index contributed by atoms with van der Waals surface area (Å²) in [7, 11) is 1.46. The molecule has 0 unspecified atom stereocenters. The van der Waals surface area contributed by atoms with Crippen molar-refractivity contribution in [3.63, 3.8) is 0 Å². The molecule has 37 heavy (non-hydrogen) atoms. The quantitative estimate of drug-likeness (QED) is 0.369. The zero-order valence-electron chi connectivity index (χ0n) is 21.4. The lowest BCUT2D eigenvalue weighted by molar-refractivity contribution is -0.119. The summed E-state index contributed by atoms with van der Waals surface area (Å²) < 4.78 is 14.6. The molecule has 0 aliphatic carbocycles. The Morgan fingerprint density at radius 2 is 1.95 bits per heavy atom. The Morgan fingerprint density at radius 1 is 1.19 bits per heavy atom. The molecular formula is C27H30ClFN6O2. The van der Waals surface area contributed by atoms with E-state index >= 15 is 0 Å². The van der Waals surface area contributed by atoms with Gasteiger partial charge in [0.05, 0.1) is 17.4 Å². The van der Waals surface area contributed by atoms with E-state index in [4.69, 9.17) is 11.6 Å². The van der Waals surface area contributed by atoms with E-state index in [9.17, 15) is 14.0 Å². The highest BCUT2D eigenvalue weighted by Crippen LogP contribution is 2.41. The van der Waals surface area contributed by atoms with E-state index in [-0.39, 0.29) is 45.4 Å². The van der Waals surface area contributed by atoms with Gasteiger partial charge in [-0.05, 0) is 55.5 Å². The Hall–Kier alpha value is -3.72. The summed E-state index contributed by atoms with van der Waals surface area (Å²) in [5, 5.41) is 8.64. The third-order valence-corrected chi connectivity index (χ3v) is 6.74. The maximum Gasteiger partial charge on any atom is 0.253 e. The highest BCUT2D eigenvalue weighted by Gasteiger charge is 2.34. The summed E-state index contributed by atoms with van der Waals surface area (Å²) in [5.74, 6) is -0.658. The van der Waals surface area contributed by atoms with Crippen LogP contribution < -0.4 is 20.9 Å². The number of aromatic nitrogens is 2. The van der Waals surface area contributed by atoms with E-state index in [0.717, 1.165) is 17.7 Å². The minimum Gasteiger partial charge on any atom is -0.355 e. The van der Waals surface area contributed by atoms with Crippen molar-refractivity contribution in [1.82, 2.24) is 15.3 Å². The first-order chi connectivity index (χ1) is 17.5. The van der Waals surface area contributed by atoms with Gasteiger partial charge in [0.15, 0.2) is 5.82 Å². The van der Waals surface area contributed by atoms with Crippen LogP contribution in [0.15, 0.2) is 42.6 Å². The summed E-state index contributed by atoms with van der Waals surface area (Å²) >= 11 is 6.30. The molecule has 3 aromatic rings. The lowest BCUT2D eigenvalue weighted by Gasteiger charge is -2.30. The van der Waals surface area contributed by atoms with Crippen molar-refractivity contribution < 1.29 is 14.0 Å². The van der Waals surface area contributed by atoms with Crippen molar-refractivity contribution in [2.75, 3.05) is 22.6 Å². The van der Waals surface area contributed by atoms with Crippen LogP contribution >= 0.6 is 11.6 Å². The maximum absolute atomic E-state index is 14.6. The second-order valence-electron chi connectivity index (χ2n) is 9.85. The maximum atomic E-state index is 14.6. The van der Waals surface area contributed by atoms with Crippen LogP contribution in [0.2, 0.25) is 5.02 Å². The van der Waals surface area contributed by atoms with Gasteiger partial charge in [0, 0.05) is 30.9 Å². The molecule has 2 heterocycles. The predicted octanol–water partition coefficient (Wildman–Crippen LogP) is 5.93. The average molecular weight is 525 g/mol. The standard InChI is InChI=1S/C27H30ClFN6O2/c1-15(2)35-21-13-16(9-10-18(21)27(3,4)12-11-22(35)36)32-26-31-14-19(28)24(34-26)33-23-17(25(37)30-5)7-6-8-20(23)29/h6-10,13-15H,11-12H2,1-5H3,(H,30,37)(H2,31,32,33,34). The topological polar surface area (TPSA) is 99.2 Å². The van der Waals surface area contributed by atoms with E-state index in [0.29, 0.717) is 12.1 Å². The fourth-order valence-corrected chi connectivity index (χ4v) is 4.63. The molecule has 3 N–H and O–H groups in total. The first-order valence-corrected chi connectivity index (χ1v) is 12.4. The molecule has 0 saturated carbocycles. The molecule has 1 aromatic heterocycles. The summed E-state index contributed by atoms with van der Waals surface area (Å²) in [4.78, 5) is 35.7. The smallest absolute Gasteiger partial charge is 0.253 e. The van der Waals surface area contributed by atoms with Crippen LogP contribution in [0.5, 0.6) is 0 Å². The molecular weight excluding hydrogens is 495 g/mol. The van der Waals surface area contributed by atoms with Crippen LogP contribution in [0.1, 0.15) is 56.5 Å². The molecule has 2 aromatic carbocycles. The van der Waals surface area contributed by atoms with Crippen molar-refractivity contribution in [1.29, 1.82) is 0 Å². The second kappa shape index (κ2) is 10.3. The predicted molar refractivity (Wildman–Crippen MR) is 145 cm³/mol. The monoisotopic (exact) mass is 524 g/mol. The van der Waals surface area contributed by atoms with Crippen LogP contribution in [-0.4, -0.2) is 34.9 Å². The number of rotatable bonds is 6. The van der Waals surface area contributed by atoms with Crippen molar-refractivity contribution in [3.05, 3.63) is 64.6 Å². The minimum atomic E-state index is -0.628. The molecule has 0 spiro atoms. The molecule has 0 fully saturated rings. The highest BCUT2D eigenvalue weighted by molar-refractivity contribution is 6.33. The summed E-state index contributed by atoms with van der Waals surface area (Å²) in [5.41, 5.74) is 2.52. The fourth-order valence-electron chi connectivity index (χ4n) is 4.49. The number of carbonyl (C=O) groups excluding carboxylic acids is 2. The number of nitrogens with one attached hydrogen (secondary N) is 3. The fraction of sp³-hybridized carbons (Fsp3) is 0.333. The van der Waals surface area contributed by atoms with E-state index in [1.165, 1.54) is 31.4 Å². The Labute approximate surface area is 220 Å². The first kappa shape index (κ1) is 26.3. The summed E-state index contributed by atoms with van der Waals surface area (Å²) in [6, 6.07) is 10.0. The molecule has 8 nitrogen and oxygen atoms in total. The number of anilines is 5.